The summed E-state index contributed by atoms with van der Waals surface area (Å²) in [6.45, 7) is 1.14. The maximum atomic E-state index is 11.8. The molecule has 2 N–H and O–H groups in total. The van der Waals surface area contributed by atoms with Crippen molar-refractivity contribution in [3.8, 4) is 0 Å². The van der Waals surface area contributed by atoms with Crippen molar-refractivity contribution in [3.63, 3.8) is 0 Å². The number of rotatable bonds is 3. The lowest BCUT2D eigenvalue weighted by atomic mass is 9.99. The minimum Gasteiger partial charge on any atom is -0.481 e. The first-order valence-corrected chi connectivity index (χ1v) is 5.81. The van der Waals surface area contributed by atoms with Gasteiger partial charge in [0.25, 0.3) is 0 Å². The lowest BCUT2D eigenvalue weighted by Gasteiger charge is -2.30. The fraction of sp³-hybridized carbons (Fsp3) is 0.545. The highest BCUT2D eigenvalue weighted by Gasteiger charge is 2.27. The molecular formula is C11H15N3O4. The minimum absolute atomic E-state index is 0.260. The quantitative estimate of drug-likeness (QED) is 0.825. The summed E-state index contributed by atoms with van der Waals surface area (Å²) < 4.78 is 4.65. The van der Waals surface area contributed by atoms with Crippen LogP contribution < -0.4 is 5.32 Å². The molecule has 1 saturated heterocycles. The Balaban J connectivity index is 1.83. The number of aliphatic carboxylic acids is 1. The van der Waals surface area contributed by atoms with Crippen molar-refractivity contribution in [1.82, 2.24) is 15.4 Å². The molecule has 7 heteroatoms. The van der Waals surface area contributed by atoms with Crippen LogP contribution in [-0.4, -0.2) is 40.3 Å². The van der Waals surface area contributed by atoms with E-state index in [2.05, 4.69) is 15.0 Å². The average molecular weight is 253 g/mol. The van der Waals surface area contributed by atoms with Gasteiger partial charge in [-0.25, -0.2) is 4.79 Å². The number of amides is 2. The number of nitrogens with zero attached hydrogens (tertiary/aromatic N) is 2. The molecule has 0 unspecified atom stereocenters. The second-order valence-corrected chi connectivity index (χ2v) is 4.27. The van der Waals surface area contributed by atoms with E-state index in [1.807, 2.05) is 0 Å². The van der Waals surface area contributed by atoms with Crippen LogP contribution in [0.3, 0.4) is 0 Å². The fourth-order valence-electron chi connectivity index (χ4n) is 1.97. The van der Waals surface area contributed by atoms with Gasteiger partial charge in [-0.15, -0.1) is 0 Å². The van der Waals surface area contributed by atoms with Crippen molar-refractivity contribution in [1.29, 1.82) is 0 Å². The third kappa shape index (κ3) is 2.99. The minimum atomic E-state index is -0.844. The van der Waals surface area contributed by atoms with Crippen LogP contribution in [0.25, 0.3) is 0 Å². The molecule has 1 aromatic rings. The smallest absolute Gasteiger partial charge is 0.317 e. The van der Waals surface area contributed by atoms with E-state index in [4.69, 9.17) is 5.11 Å². The SMILES string of the molecule is O=C(O)[C@@H]1CCCN(C(=O)NCc2ccon2)C1. The van der Waals surface area contributed by atoms with Gasteiger partial charge in [-0.2, -0.15) is 0 Å². The number of carbonyl (C=O) groups is 2. The molecule has 0 aliphatic carbocycles. The van der Waals surface area contributed by atoms with Gasteiger partial charge >= 0.3 is 12.0 Å². The molecule has 2 heterocycles. The molecule has 1 fully saturated rings. The lowest BCUT2D eigenvalue weighted by molar-refractivity contribution is -0.143. The van der Waals surface area contributed by atoms with Gasteiger partial charge in [-0.1, -0.05) is 5.16 Å². The summed E-state index contributed by atoms with van der Waals surface area (Å²) >= 11 is 0. The maximum Gasteiger partial charge on any atom is 0.317 e. The molecule has 0 spiro atoms. The zero-order chi connectivity index (χ0) is 13.0. The van der Waals surface area contributed by atoms with Crippen molar-refractivity contribution in [2.75, 3.05) is 13.1 Å². The number of nitrogens with one attached hydrogen (secondary N) is 1. The van der Waals surface area contributed by atoms with Crippen molar-refractivity contribution < 1.29 is 19.2 Å². The molecule has 7 nitrogen and oxygen atoms in total. The maximum absolute atomic E-state index is 11.8. The topological polar surface area (TPSA) is 95.7 Å². The number of urea groups is 1. The number of likely N-dealkylation sites (tertiary alicyclic amines) is 1. The first-order chi connectivity index (χ1) is 8.66. The second kappa shape index (κ2) is 5.52. The second-order valence-electron chi connectivity index (χ2n) is 4.27. The van der Waals surface area contributed by atoms with E-state index >= 15 is 0 Å². The summed E-state index contributed by atoms with van der Waals surface area (Å²) in [5, 5.41) is 15.3. The van der Waals surface area contributed by atoms with Gasteiger partial charge in [0.15, 0.2) is 0 Å². The Kier molecular flexibility index (Phi) is 3.81. The summed E-state index contributed by atoms with van der Waals surface area (Å²) in [6.07, 6.45) is 2.78. The Morgan fingerprint density at radius 1 is 1.61 bits per heavy atom. The average Bonchev–Trinajstić information content (AvgIpc) is 2.89. The highest BCUT2D eigenvalue weighted by molar-refractivity contribution is 5.76. The van der Waals surface area contributed by atoms with Crippen molar-refractivity contribution in [3.05, 3.63) is 18.0 Å². The predicted molar refractivity (Wildman–Crippen MR) is 60.7 cm³/mol. The summed E-state index contributed by atoms with van der Waals surface area (Å²) in [4.78, 5) is 24.2. The largest absolute Gasteiger partial charge is 0.481 e. The number of carbonyl (C=O) groups excluding carboxylic acids is 1. The fourth-order valence-corrected chi connectivity index (χ4v) is 1.97. The first-order valence-electron chi connectivity index (χ1n) is 5.81. The van der Waals surface area contributed by atoms with Crippen LogP contribution in [-0.2, 0) is 11.3 Å². The van der Waals surface area contributed by atoms with Crippen molar-refractivity contribution >= 4 is 12.0 Å². The molecule has 1 aliphatic heterocycles. The number of aromatic nitrogens is 1. The Morgan fingerprint density at radius 3 is 3.11 bits per heavy atom. The first kappa shape index (κ1) is 12.4. The van der Waals surface area contributed by atoms with Crippen LogP contribution in [0.1, 0.15) is 18.5 Å². The van der Waals surface area contributed by atoms with Gasteiger partial charge in [0, 0.05) is 19.2 Å². The van der Waals surface area contributed by atoms with Crippen LogP contribution in [0, 0.1) is 5.92 Å². The summed E-state index contributed by atoms with van der Waals surface area (Å²) in [5.74, 6) is -1.31. The van der Waals surface area contributed by atoms with Gasteiger partial charge in [0.1, 0.15) is 12.0 Å². The Morgan fingerprint density at radius 2 is 2.44 bits per heavy atom. The monoisotopic (exact) mass is 253 g/mol. The van der Waals surface area contributed by atoms with Gasteiger partial charge in [0.05, 0.1) is 12.5 Å². The van der Waals surface area contributed by atoms with E-state index in [1.165, 1.54) is 11.2 Å². The summed E-state index contributed by atoms with van der Waals surface area (Å²) in [5.41, 5.74) is 0.634. The van der Waals surface area contributed by atoms with Gasteiger partial charge in [-0.3, -0.25) is 4.79 Å². The highest BCUT2D eigenvalue weighted by atomic mass is 16.5. The van der Waals surface area contributed by atoms with E-state index < -0.39 is 11.9 Å². The van der Waals surface area contributed by atoms with Crippen molar-refractivity contribution in [2.45, 2.75) is 19.4 Å². The van der Waals surface area contributed by atoms with Crippen LogP contribution in [0.15, 0.2) is 16.9 Å². The molecule has 0 radical (unpaired) electrons. The molecule has 0 saturated carbocycles. The van der Waals surface area contributed by atoms with E-state index in [9.17, 15) is 9.59 Å². The number of carboxylic acid groups (broad SMARTS) is 1. The third-order valence-electron chi connectivity index (χ3n) is 2.97. The van der Waals surface area contributed by atoms with Gasteiger partial charge < -0.3 is 19.8 Å². The van der Waals surface area contributed by atoms with E-state index in [1.54, 1.807) is 6.07 Å². The Hall–Kier alpha value is -2.05. The molecule has 2 amide bonds. The van der Waals surface area contributed by atoms with Crippen LogP contribution in [0.2, 0.25) is 0 Å². The number of hydrogen-bond acceptors (Lipinski definition) is 4. The molecule has 0 bridgehead atoms. The molecule has 2 rings (SSSR count). The zero-order valence-electron chi connectivity index (χ0n) is 9.83. The predicted octanol–water partition coefficient (Wildman–Crippen LogP) is 0.681. The van der Waals surface area contributed by atoms with Crippen LogP contribution in [0.5, 0.6) is 0 Å². The number of carboxylic acids is 1. The summed E-state index contributed by atoms with van der Waals surface area (Å²) in [7, 11) is 0. The standard InChI is InChI=1S/C11H15N3O4/c15-10(16)8-2-1-4-14(7-8)11(17)12-6-9-3-5-18-13-9/h3,5,8H,1-2,4,6-7H2,(H,12,17)(H,15,16)/t8-/m1/s1. The summed E-state index contributed by atoms with van der Waals surface area (Å²) in [6, 6.07) is 1.40. The molecular weight excluding hydrogens is 238 g/mol. The molecule has 98 valence electrons. The van der Waals surface area contributed by atoms with Crippen molar-refractivity contribution in [2.24, 2.45) is 5.92 Å². The number of hydrogen-bond donors (Lipinski definition) is 2. The Labute approximate surface area is 104 Å². The highest BCUT2D eigenvalue weighted by Crippen LogP contribution is 2.16. The lowest BCUT2D eigenvalue weighted by Crippen LogP contribution is -2.46. The van der Waals surface area contributed by atoms with Crippen LogP contribution >= 0.6 is 0 Å². The van der Waals surface area contributed by atoms with E-state index in [0.29, 0.717) is 25.1 Å². The van der Waals surface area contributed by atoms with E-state index in [0.717, 1.165) is 0 Å². The molecule has 18 heavy (non-hydrogen) atoms. The normalized spacial score (nSPS) is 19.6. The van der Waals surface area contributed by atoms with Gasteiger partial charge in [-0.05, 0) is 12.8 Å². The molecule has 0 aromatic carbocycles. The van der Waals surface area contributed by atoms with E-state index in [-0.39, 0.29) is 19.1 Å². The Bertz CT molecular complexity index is 418. The van der Waals surface area contributed by atoms with Crippen LogP contribution in [0.4, 0.5) is 4.79 Å². The third-order valence-corrected chi connectivity index (χ3v) is 2.97. The molecule has 1 atom stereocenters. The molecule has 1 aliphatic rings. The zero-order valence-corrected chi connectivity index (χ0v) is 9.83. The van der Waals surface area contributed by atoms with Gasteiger partial charge in [0.2, 0.25) is 0 Å². The molecule has 1 aromatic heterocycles. The number of piperidine rings is 1.